The molecule has 0 radical (unpaired) electrons. The maximum absolute atomic E-state index is 8.55. The predicted octanol–water partition coefficient (Wildman–Crippen LogP) is 0.960. The van der Waals surface area contributed by atoms with Crippen LogP contribution in [0.4, 0.5) is 0 Å². The van der Waals surface area contributed by atoms with Crippen LogP contribution in [0.15, 0.2) is 12.2 Å². The fourth-order valence-electron chi connectivity index (χ4n) is 2.13. The molecule has 2 nitrogen and oxygen atoms in total. The lowest BCUT2D eigenvalue weighted by Crippen LogP contribution is -2.19. The van der Waals surface area contributed by atoms with Crippen LogP contribution < -0.4 is 0 Å². The molecule has 0 amide bonds. The van der Waals surface area contributed by atoms with Gasteiger partial charge in [-0.3, -0.25) is 0 Å². The molecule has 2 aliphatic rings. The highest BCUT2D eigenvalue weighted by Crippen LogP contribution is 2.40. The van der Waals surface area contributed by atoms with Crippen molar-refractivity contribution in [3.8, 4) is 0 Å². The Morgan fingerprint density at radius 3 is 2.82 bits per heavy atom. The van der Waals surface area contributed by atoms with Gasteiger partial charge in [0.15, 0.2) is 0 Å². The van der Waals surface area contributed by atoms with Gasteiger partial charge in [-0.05, 0) is 18.8 Å². The number of fused-ring (bicyclic) bond motifs is 2. The Hall–Kier alpha value is -0.340. The van der Waals surface area contributed by atoms with Crippen LogP contribution >= 0.6 is 0 Å². The monoisotopic (exact) mass is 154 g/mol. The Bertz CT molecular complexity index is 165. The molecule has 0 aromatic carbocycles. The van der Waals surface area contributed by atoms with Crippen LogP contribution in [0.2, 0.25) is 0 Å². The summed E-state index contributed by atoms with van der Waals surface area (Å²) in [4.78, 5) is 0. The zero-order valence-corrected chi connectivity index (χ0v) is 6.57. The average Bonchev–Trinajstić information content (AvgIpc) is 2.60. The molecule has 2 rings (SSSR count). The first kappa shape index (κ1) is 7.32. The largest absolute Gasteiger partial charge is 0.394 e. The summed E-state index contributed by atoms with van der Waals surface area (Å²) in [6, 6.07) is 0. The first-order chi connectivity index (χ1) is 5.40. The van der Waals surface area contributed by atoms with Crippen molar-refractivity contribution in [2.24, 2.45) is 11.8 Å². The first-order valence-corrected chi connectivity index (χ1v) is 4.31. The third-order valence-corrected chi connectivity index (χ3v) is 2.64. The molecule has 0 aromatic heterocycles. The van der Waals surface area contributed by atoms with Crippen LogP contribution in [0.5, 0.6) is 0 Å². The number of allylic oxidation sites excluding steroid dienone is 1. The topological polar surface area (TPSA) is 29.5 Å². The molecule has 2 aliphatic carbocycles. The van der Waals surface area contributed by atoms with Crippen molar-refractivity contribution in [1.82, 2.24) is 0 Å². The molecule has 62 valence electrons. The minimum atomic E-state index is 0.150. The maximum atomic E-state index is 8.55. The number of aliphatic hydroxyl groups excluding tert-OH is 1. The number of aliphatic hydroxyl groups is 1. The van der Waals surface area contributed by atoms with Crippen molar-refractivity contribution in [2.45, 2.75) is 18.9 Å². The second-order valence-electron chi connectivity index (χ2n) is 3.41. The standard InChI is InChI=1S/C9H14O2/c10-3-4-11-9-6-7-1-2-8(9)5-7/h1-2,7-10H,3-6H2/t7-,8+,9-/m0/s1. The van der Waals surface area contributed by atoms with Crippen molar-refractivity contribution in [2.75, 3.05) is 13.2 Å². The number of rotatable bonds is 3. The van der Waals surface area contributed by atoms with Gasteiger partial charge in [-0.1, -0.05) is 12.2 Å². The van der Waals surface area contributed by atoms with E-state index < -0.39 is 0 Å². The lowest BCUT2D eigenvalue weighted by molar-refractivity contribution is 0.0152. The lowest BCUT2D eigenvalue weighted by Gasteiger charge is -2.17. The van der Waals surface area contributed by atoms with E-state index in [2.05, 4.69) is 12.2 Å². The minimum absolute atomic E-state index is 0.150. The molecule has 2 heteroatoms. The average molecular weight is 154 g/mol. The second-order valence-corrected chi connectivity index (χ2v) is 3.41. The van der Waals surface area contributed by atoms with Gasteiger partial charge in [0.05, 0.1) is 19.3 Å². The molecular weight excluding hydrogens is 140 g/mol. The van der Waals surface area contributed by atoms with Gasteiger partial charge >= 0.3 is 0 Å². The highest BCUT2D eigenvalue weighted by atomic mass is 16.5. The molecule has 3 atom stereocenters. The van der Waals surface area contributed by atoms with Gasteiger partial charge in [-0.15, -0.1) is 0 Å². The van der Waals surface area contributed by atoms with Gasteiger partial charge in [-0.2, -0.15) is 0 Å². The van der Waals surface area contributed by atoms with E-state index in [1.54, 1.807) is 0 Å². The van der Waals surface area contributed by atoms with E-state index in [0.29, 0.717) is 18.6 Å². The van der Waals surface area contributed by atoms with Crippen molar-refractivity contribution in [1.29, 1.82) is 0 Å². The molecule has 1 saturated carbocycles. The van der Waals surface area contributed by atoms with E-state index in [0.717, 1.165) is 5.92 Å². The third kappa shape index (κ3) is 1.33. The molecule has 11 heavy (non-hydrogen) atoms. The fraction of sp³-hybridized carbons (Fsp3) is 0.778. The smallest absolute Gasteiger partial charge is 0.0701 e. The van der Waals surface area contributed by atoms with Crippen molar-refractivity contribution < 1.29 is 9.84 Å². The number of hydrogen-bond donors (Lipinski definition) is 1. The molecule has 2 bridgehead atoms. The van der Waals surface area contributed by atoms with Gasteiger partial charge in [-0.25, -0.2) is 0 Å². The van der Waals surface area contributed by atoms with Crippen LogP contribution in [-0.4, -0.2) is 24.4 Å². The number of ether oxygens (including phenoxy) is 1. The minimum Gasteiger partial charge on any atom is -0.394 e. The zero-order chi connectivity index (χ0) is 7.68. The first-order valence-electron chi connectivity index (χ1n) is 4.31. The van der Waals surface area contributed by atoms with E-state index in [9.17, 15) is 0 Å². The summed E-state index contributed by atoms with van der Waals surface area (Å²) in [5.74, 6) is 1.41. The molecule has 0 aromatic rings. The normalized spacial score (nSPS) is 40.3. The Morgan fingerprint density at radius 2 is 2.27 bits per heavy atom. The van der Waals surface area contributed by atoms with E-state index in [4.69, 9.17) is 9.84 Å². The highest BCUT2D eigenvalue weighted by molar-refractivity contribution is 5.10. The zero-order valence-electron chi connectivity index (χ0n) is 6.57. The SMILES string of the molecule is OCCO[C@H]1C[C@H]2C=C[C@@H]1C2. The van der Waals surface area contributed by atoms with Crippen molar-refractivity contribution >= 4 is 0 Å². The van der Waals surface area contributed by atoms with E-state index in [1.165, 1.54) is 12.8 Å². The Morgan fingerprint density at radius 1 is 1.36 bits per heavy atom. The summed E-state index contributed by atoms with van der Waals surface area (Å²) in [5, 5.41) is 8.55. The molecule has 0 saturated heterocycles. The lowest BCUT2D eigenvalue weighted by atomic mass is 10.1. The maximum Gasteiger partial charge on any atom is 0.0701 e. The Kier molecular flexibility index (Phi) is 1.96. The van der Waals surface area contributed by atoms with E-state index >= 15 is 0 Å². The van der Waals surface area contributed by atoms with Crippen molar-refractivity contribution in [3.05, 3.63) is 12.2 Å². The van der Waals surface area contributed by atoms with Gasteiger partial charge in [0, 0.05) is 5.92 Å². The second kappa shape index (κ2) is 2.95. The molecule has 1 fully saturated rings. The molecular formula is C9H14O2. The summed E-state index contributed by atoms with van der Waals surface area (Å²) in [6.45, 7) is 0.652. The number of hydrogen-bond acceptors (Lipinski definition) is 2. The molecule has 1 N–H and O–H groups in total. The highest BCUT2D eigenvalue weighted by Gasteiger charge is 2.35. The molecule has 0 spiro atoms. The van der Waals surface area contributed by atoms with Crippen LogP contribution in [0.25, 0.3) is 0 Å². The van der Waals surface area contributed by atoms with Gasteiger partial charge in [0.2, 0.25) is 0 Å². The molecule has 0 unspecified atom stereocenters. The third-order valence-electron chi connectivity index (χ3n) is 2.64. The summed E-state index contributed by atoms with van der Waals surface area (Å²) in [5.41, 5.74) is 0. The van der Waals surface area contributed by atoms with Crippen LogP contribution in [-0.2, 0) is 4.74 Å². The van der Waals surface area contributed by atoms with E-state index in [1.807, 2.05) is 0 Å². The Balaban J connectivity index is 1.84. The van der Waals surface area contributed by atoms with Crippen LogP contribution in [0.1, 0.15) is 12.8 Å². The summed E-state index contributed by atoms with van der Waals surface area (Å²) in [7, 11) is 0. The molecule has 0 heterocycles. The summed E-state index contributed by atoms with van der Waals surface area (Å²) < 4.78 is 5.48. The fourth-order valence-corrected chi connectivity index (χ4v) is 2.13. The van der Waals surface area contributed by atoms with Crippen LogP contribution in [0.3, 0.4) is 0 Å². The van der Waals surface area contributed by atoms with Crippen molar-refractivity contribution in [3.63, 3.8) is 0 Å². The quantitative estimate of drug-likeness (QED) is 0.613. The van der Waals surface area contributed by atoms with Gasteiger partial charge < -0.3 is 9.84 Å². The Labute approximate surface area is 66.9 Å². The van der Waals surface area contributed by atoms with Gasteiger partial charge in [0.1, 0.15) is 0 Å². The summed E-state index contributed by atoms with van der Waals surface area (Å²) in [6.07, 6.45) is 7.40. The molecule has 0 aliphatic heterocycles. The van der Waals surface area contributed by atoms with Crippen LogP contribution in [0, 0.1) is 11.8 Å². The van der Waals surface area contributed by atoms with Gasteiger partial charge in [0.25, 0.3) is 0 Å². The van der Waals surface area contributed by atoms with E-state index in [-0.39, 0.29) is 6.61 Å². The predicted molar refractivity (Wildman–Crippen MR) is 42.2 cm³/mol. The summed E-state index contributed by atoms with van der Waals surface area (Å²) >= 11 is 0.